The van der Waals surface area contributed by atoms with Gasteiger partial charge in [-0.25, -0.2) is 0 Å². The van der Waals surface area contributed by atoms with Crippen LogP contribution in [0.2, 0.25) is 0 Å². The van der Waals surface area contributed by atoms with Gasteiger partial charge in [0.05, 0.1) is 5.41 Å². The second-order valence-electron chi connectivity index (χ2n) is 8.78. The average Bonchev–Trinajstić information content (AvgIpc) is 2.46. The smallest absolute Gasteiger partial charge is 0.309 e. The molecule has 22 heavy (non-hydrogen) atoms. The summed E-state index contributed by atoms with van der Waals surface area (Å²) in [5.41, 5.74) is 1.43. The highest BCUT2D eigenvalue weighted by Gasteiger charge is 2.58. The van der Waals surface area contributed by atoms with Crippen molar-refractivity contribution in [1.82, 2.24) is 0 Å². The zero-order valence-electron chi connectivity index (χ0n) is 14.3. The standard InChI is InChI=1S/C20H30O2/c1-5-18(2)12-9-15-14(13-18)7-8-16-19(15,3)10-6-11-20(16,4)17(21)22/h5,7,15-16H,1,6,8-13H2,2-4H3,(H,21,22)/t15-,16+,18-,19+,20+/m1/s1. The summed E-state index contributed by atoms with van der Waals surface area (Å²) in [6, 6.07) is 0. The van der Waals surface area contributed by atoms with E-state index in [2.05, 4.69) is 32.6 Å². The summed E-state index contributed by atoms with van der Waals surface area (Å²) in [4.78, 5) is 11.9. The molecule has 0 unspecified atom stereocenters. The predicted molar refractivity (Wildman–Crippen MR) is 89.5 cm³/mol. The highest BCUT2D eigenvalue weighted by Crippen LogP contribution is 2.63. The summed E-state index contributed by atoms with van der Waals surface area (Å²) in [6.07, 6.45) is 12.0. The fourth-order valence-corrected chi connectivity index (χ4v) is 5.86. The van der Waals surface area contributed by atoms with Crippen molar-refractivity contribution in [2.45, 2.75) is 65.7 Å². The van der Waals surface area contributed by atoms with E-state index in [0.717, 1.165) is 25.7 Å². The molecule has 0 heterocycles. The van der Waals surface area contributed by atoms with Gasteiger partial charge in [0.1, 0.15) is 0 Å². The number of fused-ring (bicyclic) bond motifs is 3. The SMILES string of the molecule is C=C[C@]1(C)CC[C@@H]2C(=CC[C@H]3[C@@]2(C)CCC[C@]3(C)C(=O)O)C1. The molecule has 0 bridgehead atoms. The van der Waals surface area contributed by atoms with Crippen LogP contribution < -0.4 is 0 Å². The molecule has 2 heteroatoms. The molecule has 5 atom stereocenters. The van der Waals surface area contributed by atoms with E-state index in [9.17, 15) is 9.90 Å². The summed E-state index contributed by atoms with van der Waals surface area (Å²) >= 11 is 0. The van der Waals surface area contributed by atoms with Crippen molar-refractivity contribution >= 4 is 5.97 Å². The Balaban J connectivity index is 1.98. The number of hydrogen-bond acceptors (Lipinski definition) is 1. The van der Waals surface area contributed by atoms with E-state index in [-0.39, 0.29) is 16.7 Å². The lowest BCUT2D eigenvalue weighted by Gasteiger charge is -2.58. The Morgan fingerprint density at radius 3 is 2.68 bits per heavy atom. The van der Waals surface area contributed by atoms with E-state index in [4.69, 9.17) is 0 Å². The van der Waals surface area contributed by atoms with Crippen LogP contribution in [0, 0.1) is 28.1 Å². The van der Waals surface area contributed by atoms with Gasteiger partial charge in [-0.1, -0.05) is 38.0 Å². The van der Waals surface area contributed by atoms with Crippen molar-refractivity contribution < 1.29 is 9.90 Å². The third-order valence-electron chi connectivity index (χ3n) is 7.43. The maximum absolute atomic E-state index is 11.9. The van der Waals surface area contributed by atoms with Gasteiger partial charge in [-0.05, 0) is 68.1 Å². The Hall–Kier alpha value is -1.05. The van der Waals surface area contributed by atoms with E-state index in [1.165, 1.54) is 19.3 Å². The maximum atomic E-state index is 11.9. The van der Waals surface area contributed by atoms with Gasteiger partial charge in [0.15, 0.2) is 0 Å². The number of aliphatic carboxylic acids is 1. The molecule has 3 aliphatic carbocycles. The molecule has 0 saturated heterocycles. The molecule has 3 rings (SSSR count). The first-order valence-corrected chi connectivity index (χ1v) is 8.81. The van der Waals surface area contributed by atoms with Crippen LogP contribution in [0.3, 0.4) is 0 Å². The minimum absolute atomic E-state index is 0.165. The minimum atomic E-state index is -0.591. The van der Waals surface area contributed by atoms with Crippen molar-refractivity contribution in [2.24, 2.45) is 28.1 Å². The highest BCUT2D eigenvalue weighted by atomic mass is 16.4. The van der Waals surface area contributed by atoms with Crippen LogP contribution in [0.1, 0.15) is 65.7 Å². The summed E-state index contributed by atoms with van der Waals surface area (Å²) in [5, 5.41) is 9.83. The van der Waals surface area contributed by atoms with E-state index >= 15 is 0 Å². The molecule has 122 valence electrons. The predicted octanol–water partition coefficient (Wildman–Crippen LogP) is 5.21. The average molecular weight is 302 g/mol. The molecular weight excluding hydrogens is 272 g/mol. The van der Waals surface area contributed by atoms with Gasteiger partial charge in [-0.15, -0.1) is 6.58 Å². The van der Waals surface area contributed by atoms with Gasteiger partial charge in [0, 0.05) is 0 Å². The topological polar surface area (TPSA) is 37.3 Å². The van der Waals surface area contributed by atoms with Crippen LogP contribution >= 0.6 is 0 Å². The van der Waals surface area contributed by atoms with Crippen LogP contribution in [-0.4, -0.2) is 11.1 Å². The number of rotatable bonds is 2. The maximum Gasteiger partial charge on any atom is 0.309 e. The molecule has 2 saturated carbocycles. The molecule has 2 nitrogen and oxygen atoms in total. The first-order chi connectivity index (χ1) is 10.3. The van der Waals surface area contributed by atoms with Crippen LogP contribution in [0.5, 0.6) is 0 Å². The Kier molecular flexibility index (Phi) is 3.58. The second kappa shape index (κ2) is 4.97. The van der Waals surface area contributed by atoms with Crippen LogP contribution in [0.15, 0.2) is 24.3 Å². The summed E-state index contributed by atoms with van der Waals surface area (Å²) < 4.78 is 0. The number of carboxylic acid groups (broad SMARTS) is 1. The molecule has 0 amide bonds. The molecule has 0 aromatic rings. The normalized spacial score (nSPS) is 47.9. The highest BCUT2D eigenvalue weighted by molar-refractivity contribution is 5.75. The molecule has 0 spiro atoms. The van der Waals surface area contributed by atoms with Crippen LogP contribution in [-0.2, 0) is 4.79 Å². The second-order valence-corrected chi connectivity index (χ2v) is 8.78. The van der Waals surface area contributed by atoms with E-state index in [1.54, 1.807) is 5.57 Å². The molecule has 0 aliphatic heterocycles. The number of hydrogen-bond donors (Lipinski definition) is 1. The van der Waals surface area contributed by atoms with Gasteiger partial charge >= 0.3 is 5.97 Å². The Labute approximate surface area is 134 Å². The summed E-state index contributed by atoms with van der Waals surface area (Å²) in [5.74, 6) is 0.276. The molecule has 0 radical (unpaired) electrons. The minimum Gasteiger partial charge on any atom is -0.481 e. The van der Waals surface area contributed by atoms with E-state index < -0.39 is 11.4 Å². The Morgan fingerprint density at radius 1 is 1.32 bits per heavy atom. The van der Waals surface area contributed by atoms with Crippen molar-refractivity contribution in [3.05, 3.63) is 24.3 Å². The number of carbonyl (C=O) groups is 1. The van der Waals surface area contributed by atoms with Gasteiger partial charge < -0.3 is 5.11 Å². The monoisotopic (exact) mass is 302 g/mol. The third kappa shape index (κ3) is 2.10. The third-order valence-corrected chi connectivity index (χ3v) is 7.43. The van der Waals surface area contributed by atoms with E-state index in [0.29, 0.717) is 5.92 Å². The molecule has 1 N–H and O–H groups in total. The lowest BCUT2D eigenvalue weighted by Crippen LogP contribution is -2.53. The molecular formula is C20H30O2. The first-order valence-electron chi connectivity index (χ1n) is 8.81. The zero-order valence-corrected chi connectivity index (χ0v) is 14.3. The molecule has 3 aliphatic rings. The Bertz CT molecular complexity index is 534. The van der Waals surface area contributed by atoms with Crippen LogP contribution in [0.25, 0.3) is 0 Å². The zero-order chi connectivity index (χ0) is 16.2. The number of carboxylic acids is 1. The molecule has 0 aromatic heterocycles. The number of allylic oxidation sites excluding steroid dienone is 3. The van der Waals surface area contributed by atoms with Gasteiger partial charge in [-0.2, -0.15) is 0 Å². The molecule has 2 fully saturated rings. The molecule has 0 aromatic carbocycles. The van der Waals surface area contributed by atoms with Crippen molar-refractivity contribution in [2.75, 3.05) is 0 Å². The van der Waals surface area contributed by atoms with Crippen molar-refractivity contribution in [3.8, 4) is 0 Å². The van der Waals surface area contributed by atoms with E-state index in [1.807, 2.05) is 6.92 Å². The van der Waals surface area contributed by atoms with Crippen LogP contribution in [0.4, 0.5) is 0 Å². The summed E-state index contributed by atoms with van der Waals surface area (Å²) in [6.45, 7) is 10.7. The largest absolute Gasteiger partial charge is 0.481 e. The van der Waals surface area contributed by atoms with Crippen molar-refractivity contribution in [3.63, 3.8) is 0 Å². The van der Waals surface area contributed by atoms with Crippen molar-refractivity contribution in [1.29, 1.82) is 0 Å². The fraction of sp³-hybridized carbons (Fsp3) is 0.750. The van der Waals surface area contributed by atoms with Gasteiger partial charge in [0.2, 0.25) is 0 Å². The summed E-state index contributed by atoms with van der Waals surface area (Å²) in [7, 11) is 0. The lowest BCUT2D eigenvalue weighted by molar-refractivity contribution is -0.163. The fourth-order valence-electron chi connectivity index (χ4n) is 5.86. The van der Waals surface area contributed by atoms with Gasteiger partial charge in [0.25, 0.3) is 0 Å². The van der Waals surface area contributed by atoms with Gasteiger partial charge in [-0.3, -0.25) is 4.79 Å². The quantitative estimate of drug-likeness (QED) is 0.711. The first kappa shape index (κ1) is 15.8. The Morgan fingerprint density at radius 2 is 2.05 bits per heavy atom. The lowest BCUT2D eigenvalue weighted by atomic mass is 9.45.